The quantitative estimate of drug-likeness (QED) is 0.265. The molecule has 4 aromatic rings. The van der Waals surface area contributed by atoms with Gasteiger partial charge in [-0.15, -0.1) is 0 Å². The fourth-order valence-electron chi connectivity index (χ4n) is 4.44. The Bertz CT molecular complexity index is 1490. The number of amides is 1. The smallest absolute Gasteiger partial charge is 0.413 e. The summed E-state index contributed by atoms with van der Waals surface area (Å²) in [7, 11) is 3.30. The highest BCUT2D eigenvalue weighted by Crippen LogP contribution is 2.27. The summed E-state index contributed by atoms with van der Waals surface area (Å²) in [5, 5.41) is 12.1. The zero-order valence-electron chi connectivity index (χ0n) is 22.7. The van der Waals surface area contributed by atoms with E-state index in [0.29, 0.717) is 23.4 Å². The third kappa shape index (κ3) is 7.06. The number of rotatable bonds is 11. The van der Waals surface area contributed by atoms with Crippen LogP contribution < -0.4 is 10.9 Å². The average Bonchev–Trinajstić information content (AvgIpc) is 3.15. The molecule has 40 heavy (non-hydrogen) atoms. The number of nitrogens with zero attached hydrogens (tertiary/aromatic N) is 2. The van der Waals surface area contributed by atoms with E-state index in [1.807, 2.05) is 72.8 Å². The van der Waals surface area contributed by atoms with Crippen LogP contribution in [0.1, 0.15) is 36.1 Å². The van der Waals surface area contributed by atoms with Crippen molar-refractivity contribution in [1.29, 1.82) is 0 Å². The maximum Gasteiger partial charge on any atom is 0.413 e. The van der Waals surface area contributed by atoms with E-state index in [1.165, 1.54) is 4.68 Å². The van der Waals surface area contributed by atoms with E-state index in [2.05, 4.69) is 5.32 Å². The molecular formula is C31H33N3O6. The van der Waals surface area contributed by atoms with Gasteiger partial charge in [0.1, 0.15) is 11.9 Å². The molecule has 2 N–H and O–H groups in total. The monoisotopic (exact) mass is 543 g/mol. The van der Waals surface area contributed by atoms with Gasteiger partial charge in [-0.05, 0) is 35.6 Å². The molecule has 0 spiro atoms. The van der Waals surface area contributed by atoms with Gasteiger partial charge in [0.25, 0.3) is 5.56 Å². The van der Waals surface area contributed by atoms with Crippen molar-refractivity contribution in [3.63, 3.8) is 0 Å². The van der Waals surface area contributed by atoms with Gasteiger partial charge in [-0.2, -0.15) is 0 Å². The van der Waals surface area contributed by atoms with Crippen molar-refractivity contribution < 1.29 is 24.2 Å². The van der Waals surface area contributed by atoms with Gasteiger partial charge in [0.15, 0.2) is 0 Å². The van der Waals surface area contributed by atoms with Crippen molar-refractivity contribution in [3.05, 3.63) is 112 Å². The molecule has 0 fully saturated rings. The molecule has 3 aromatic carbocycles. The molecule has 0 aliphatic heterocycles. The van der Waals surface area contributed by atoms with Crippen LogP contribution in [-0.2, 0) is 41.4 Å². The third-order valence-corrected chi connectivity index (χ3v) is 6.73. The first-order chi connectivity index (χ1) is 19.2. The Morgan fingerprint density at radius 3 is 2.12 bits per heavy atom. The fourth-order valence-corrected chi connectivity index (χ4v) is 4.44. The predicted molar refractivity (Wildman–Crippen MR) is 152 cm³/mol. The normalized spacial score (nSPS) is 12.5. The van der Waals surface area contributed by atoms with E-state index >= 15 is 0 Å². The average molecular weight is 544 g/mol. The molecule has 2 atom stereocenters. The van der Waals surface area contributed by atoms with E-state index in [0.717, 1.165) is 16.7 Å². The van der Waals surface area contributed by atoms with Gasteiger partial charge in [-0.25, -0.2) is 4.79 Å². The van der Waals surface area contributed by atoms with Crippen molar-refractivity contribution in [2.45, 2.75) is 38.6 Å². The number of carbonyl (C=O) groups excluding carboxylic acids is 1. The van der Waals surface area contributed by atoms with Gasteiger partial charge < -0.3 is 14.6 Å². The fraction of sp³-hybridized carbons (Fsp3) is 0.258. The van der Waals surface area contributed by atoms with Crippen molar-refractivity contribution in [2.75, 3.05) is 5.32 Å². The minimum Gasteiger partial charge on any atom is -0.481 e. The summed E-state index contributed by atoms with van der Waals surface area (Å²) in [6, 6.07) is 26.2. The number of benzene rings is 3. The first-order valence-corrected chi connectivity index (χ1v) is 13.0. The molecule has 4 rings (SSSR count). The summed E-state index contributed by atoms with van der Waals surface area (Å²) >= 11 is 0. The van der Waals surface area contributed by atoms with Gasteiger partial charge in [0.2, 0.25) is 0 Å². The van der Waals surface area contributed by atoms with E-state index in [4.69, 9.17) is 9.47 Å². The largest absolute Gasteiger partial charge is 0.481 e. The molecule has 0 radical (unpaired) electrons. The zero-order chi connectivity index (χ0) is 28.6. The molecule has 1 heterocycles. The van der Waals surface area contributed by atoms with Gasteiger partial charge in [-0.1, -0.05) is 84.9 Å². The number of ether oxygens (including phenoxy) is 2. The van der Waals surface area contributed by atoms with E-state index in [9.17, 15) is 19.5 Å². The predicted octanol–water partition coefficient (Wildman–Crippen LogP) is 5.30. The molecule has 0 saturated heterocycles. The highest BCUT2D eigenvalue weighted by Gasteiger charge is 2.22. The van der Waals surface area contributed by atoms with Crippen LogP contribution in [0.25, 0.3) is 11.1 Å². The Morgan fingerprint density at radius 1 is 0.875 bits per heavy atom. The lowest BCUT2D eigenvalue weighted by atomic mass is 10.0. The van der Waals surface area contributed by atoms with E-state index < -0.39 is 24.3 Å². The summed E-state index contributed by atoms with van der Waals surface area (Å²) in [5.41, 5.74) is 3.35. The highest BCUT2D eigenvalue weighted by molar-refractivity contribution is 5.90. The Kier molecular flexibility index (Phi) is 9.19. The van der Waals surface area contributed by atoms with Crippen LogP contribution in [0.15, 0.2) is 89.7 Å². The topological polar surface area (TPSA) is 112 Å². The standard InChI is InChI=1S/C31H33N3O6/c1-21(24-12-8-5-9-13-24)40-31(38)32-29-28(30(37)34(3)33(29)2)25-16-14-23(15-17-25)20-39-26(19-27(35)36)18-22-10-6-4-7-11-22/h4-17,21,26H,18-20H2,1-3H3,(H,32,38)(H,35,36). The van der Waals surface area contributed by atoms with Crippen molar-refractivity contribution in [1.82, 2.24) is 9.36 Å². The van der Waals surface area contributed by atoms with Crippen LogP contribution in [-0.4, -0.2) is 32.6 Å². The van der Waals surface area contributed by atoms with Crippen molar-refractivity contribution in [2.24, 2.45) is 14.1 Å². The molecule has 0 bridgehead atoms. The summed E-state index contributed by atoms with van der Waals surface area (Å²) in [5.74, 6) is -0.612. The molecule has 1 amide bonds. The van der Waals surface area contributed by atoms with E-state index in [-0.39, 0.29) is 18.6 Å². The Hall–Kier alpha value is -4.63. The van der Waals surface area contributed by atoms with Crippen LogP contribution in [0.5, 0.6) is 0 Å². The summed E-state index contributed by atoms with van der Waals surface area (Å²) in [6.45, 7) is 1.99. The van der Waals surface area contributed by atoms with Crippen LogP contribution in [0.3, 0.4) is 0 Å². The second-order valence-corrected chi connectivity index (χ2v) is 9.58. The minimum absolute atomic E-state index is 0.110. The molecule has 0 aliphatic carbocycles. The summed E-state index contributed by atoms with van der Waals surface area (Å²) in [6.07, 6.45) is -1.26. The minimum atomic E-state index is -0.923. The van der Waals surface area contributed by atoms with Crippen molar-refractivity contribution in [3.8, 4) is 11.1 Å². The molecule has 0 saturated carbocycles. The number of carboxylic acid groups (broad SMARTS) is 1. The number of nitrogens with one attached hydrogen (secondary N) is 1. The number of aromatic nitrogens is 2. The molecule has 2 unspecified atom stereocenters. The first-order valence-electron chi connectivity index (χ1n) is 13.0. The Balaban J connectivity index is 1.47. The molecule has 1 aromatic heterocycles. The maximum atomic E-state index is 13.1. The second kappa shape index (κ2) is 12.9. The summed E-state index contributed by atoms with van der Waals surface area (Å²) < 4.78 is 14.5. The van der Waals surface area contributed by atoms with Gasteiger partial charge in [0, 0.05) is 14.1 Å². The van der Waals surface area contributed by atoms with Gasteiger partial charge in [-0.3, -0.25) is 24.3 Å². The summed E-state index contributed by atoms with van der Waals surface area (Å²) in [4.78, 5) is 37.2. The number of aliphatic carboxylic acids is 1. The van der Waals surface area contributed by atoms with Gasteiger partial charge >= 0.3 is 12.1 Å². The number of anilines is 1. The molecule has 0 aliphatic rings. The maximum absolute atomic E-state index is 13.1. The number of hydrogen-bond donors (Lipinski definition) is 2. The lowest BCUT2D eigenvalue weighted by Crippen LogP contribution is -2.20. The zero-order valence-corrected chi connectivity index (χ0v) is 22.7. The molecule has 9 nitrogen and oxygen atoms in total. The molecule has 208 valence electrons. The highest BCUT2D eigenvalue weighted by atomic mass is 16.6. The van der Waals surface area contributed by atoms with Crippen LogP contribution in [0.2, 0.25) is 0 Å². The SMILES string of the molecule is CC(OC(=O)Nc1c(-c2ccc(COC(CC(=O)O)Cc3ccccc3)cc2)c(=O)n(C)n1C)c1ccccc1. The number of carbonyl (C=O) groups is 2. The van der Waals surface area contributed by atoms with Crippen molar-refractivity contribution >= 4 is 17.9 Å². The number of hydrogen-bond acceptors (Lipinski definition) is 5. The Labute approximate surface area is 232 Å². The van der Waals surface area contributed by atoms with Crippen LogP contribution in [0, 0.1) is 0 Å². The Morgan fingerprint density at radius 2 is 1.50 bits per heavy atom. The number of carboxylic acids is 1. The first kappa shape index (κ1) is 28.4. The third-order valence-electron chi connectivity index (χ3n) is 6.73. The molecular weight excluding hydrogens is 510 g/mol. The van der Waals surface area contributed by atoms with Crippen LogP contribution >= 0.6 is 0 Å². The molecule has 9 heteroatoms. The van der Waals surface area contributed by atoms with E-state index in [1.54, 1.807) is 37.8 Å². The lowest BCUT2D eigenvalue weighted by molar-refractivity contribution is -0.140. The lowest BCUT2D eigenvalue weighted by Gasteiger charge is -2.17. The van der Waals surface area contributed by atoms with Crippen LogP contribution in [0.4, 0.5) is 10.6 Å². The van der Waals surface area contributed by atoms with Gasteiger partial charge in [0.05, 0.1) is 24.7 Å². The second-order valence-electron chi connectivity index (χ2n) is 9.58.